The molecule has 76 valence electrons. The molecule has 1 unspecified atom stereocenters. The molecule has 1 aromatic rings. The molecule has 0 saturated heterocycles. The molecule has 0 fully saturated rings. The fourth-order valence-electron chi connectivity index (χ4n) is 0.934. The van der Waals surface area contributed by atoms with E-state index < -0.39 is 11.0 Å². The van der Waals surface area contributed by atoms with Gasteiger partial charge in [0.15, 0.2) is 12.3 Å². The Labute approximate surface area is 130 Å². The monoisotopic (exact) mass is 235 g/mol. The van der Waals surface area contributed by atoms with Gasteiger partial charge < -0.3 is 19.6 Å². The van der Waals surface area contributed by atoms with Gasteiger partial charge in [0.1, 0.15) is 5.76 Å². The van der Waals surface area contributed by atoms with Crippen molar-refractivity contribution in [3.63, 3.8) is 0 Å². The first-order valence-electron chi connectivity index (χ1n) is 3.98. The van der Waals surface area contributed by atoms with Gasteiger partial charge in [-0.05, 0) is 12.1 Å². The molecule has 0 radical (unpaired) electrons. The molecule has 0 aliphatic heterocycles. The summed E-state index contributed by atoms with van der Waals surface area (Å²) in [6.07, 6.45) is 3.03. The van der Waals surface area contributed by atoms with Crippen LogP contribution in [0.2, 0.25) is 0 Å². The quantitative estimate of drug-likeness (QED) is 0.207. The van der Waals surface area contributed by atoms with E-state index in [-0.39, 0.29) is 58.0 Å². The normalized spacial score (nSPS) is 11.2. The second kappa shape index (κ2) is 8.09. The Bertz CT molecular complexity index is 306. The van der Waals surface area contributed by atoms with Gasteiger partial charge in [-0.3, -0.25) is 0 Å². The predicted molar refractivity (Wildman–Crippen MR) is 50.7 cm³/mol. The second-order valence-electron chi connectivity index (χ2n) is 2.49. The first kappa shape index (κ1) is 14.9. The molecule has 1 rings (SSSR count). The molecule has 15 heavy (non-hydrogen) atoms. The van der Waals surface area contributed by atoms with Gasteiger partial charge in [-0.1, -0.05) is 6.08 Å². The molecule has 5 nitrogen and oxygen atoms in total. The molecule has 0 aliphatic rings. The number of hydrogen-bond acceptors (Lipinski definition) is 4. The summed E-state index contributed by atoms with van der Waals surface area (Å²) < 4.78 is 10.1. The second-order valence-corrected chi connectivity index (χ2v) is 2.49. The van der Waals surface area contributed by atoms with E-state index in [1.54, 1.807) is 12.1 Å². The van der Waals surface area contributed by atoms with Crippen LogP contribution >= 0.6 is 0 Å². The van der Waals surface area contributed by atoms with Crippen LogP contribution in [0.15, 0.2) is 35.5 Å². The van der Waals surface area contributed by atoms with Crippen LogP contribution in [0, 0.1) is 10.4 Å². The summed E-state index contributed by atoms with van der Waals surface area (Å²) in [7, 11) is 0. The standard InChI is InChI=1S/C9H10NO4.K/c1-2-5-13-9(7-10(11)12)8-4-3-6-14-8;/h2-4,6-7,9H,1,5H2;/q-1;+1. The first-order chi connectivity index (χ1) is 6.74. The van der Waals surface area contributed by atoms with Crippen LogP contribution in [-0.4, -0.2) is 17.7 Å². The minimum absolute atomic E-state index is 0. The summed E-state index contributed by atoms with van der Waals surface area (Å²) in [4.78, 5) is -0.559. The van der Waals surface area contributed by atoms with Crippen LogP contribution in [0.5, 0.6) is 0 Å². The van der Waals surface area contributed by atoms with Crippen molar-refractivity contribution in [3.8, 4) is 0 Å². The van der Waals surface area contributed by atoms with Crippen molar-refractivity contribution in [2.75, 3.05) is 6.61 Å². The Kier molecular flexibility index (Phi) is 8.03. The van der Waals surface area contributed by atoms with E-state index in [2.05, 4.69) is 6.58 Å². The zero-order chi connectivity index (χ0) is 10.4. The zero-order valence-corrected chi connectivity index (χ0v) is 11.6. The maximum atomic E-state index is 10.3. The van der Waals surface area contributed by atoms with Gasteiger partial charge in [0, 0.05) is 0 Å². The van der Waals surface area contributed by atoms with Crippen molar-refractivity contribution in [1.29, 1.82) is 0 Å². The third-order valence-corrected chi connectivity index (χ3v) is 1.47. The number of ether oxygens (including phenoxy) is 1. The van der Waals surface area contributed by atoms with Crippen molar-refractivity contribution < 1.29 is 65.4 Å². The Balaban J connectivity index is 0.00000196. The molecule has 1 aromatic heterocycles. The van der Waals surface area contributed by atoms with E-state index >= 15 is 0 Å². The van der Waals surface area contributed by atoms with Gasteiger partial charge in [-0.25, -0.2) is 0 Å². The first-order valence-corrected chi connectivity index (χ1v) is 3.98. The number of hydrogen-bond donors (Lipinski definition) is 0. The summed E-state index contributed by atoms with van der Waals surface area (Å²) >= 11 is 0. The molecule has 0 saturated carbocycles. The van der Waals surface area contributed by atoms with Crippen LogP contribution < -0.4 is 51.4 Å². The van der Waals surface area contributed by atoms with E-state index in [1.807, 2.05) is 0 Å². The SMILES string of the molecule is C=CCOC(C=[N+]([O-])[O-])c1ccco1.[K+]. The summed E-state index contributed by atoms with van der Waals surface area (Å²) in [5.41, 5.74) is 0. The van der Waals surface area contributed by atoms with E-state index in [0.717, 1.165) is 6.21 Å². The minimum Gasteiger partial charge on any atom is -0.612 e. The molecule has 6 heteroatoms. The summed E-state index contributed by atoms with van der Waals surface area (Å²) in [6, 6.07) is 3.27. The van der Waals surface area contributed by atoms with Gasteiger partial charge >= 0.3 is 51.4 Å². The van der Waals surface area contributed by atoms with Crippen molar-refractivity contribution in [1.82, 2.24) is 0 Å². The third-order valence-electron chi connectivity index (χ3n) is 1.47. The Morgan fingerprint density at radius 2 is 2.33 bits per heavy atom. The topological polar surface area (TPSA) is 71.5 Å². The molecule has 0 N–H and O–H groups in total. The average Bonchev–Trinajstić information content (AvgIpc) is 2.64. The van der Waals surface area contributed by atoms with Crippen molar-refractivity contribution in [2.24, 2.45) is 0 Å². The van der Waals surface area contributed by atoms with Gasteiger partial charge in [0.05, 0.1) is 12.9 Å². The maximum absolute atomic E-state index is 10.3. The summed E-state index contributed by atoms with van der Waals surface area (Å²) in [6.45, 7) is 3.69. The van der Waals surface area contributed by atoms with Crippen molar-refractivity contribution >= 4 is 6.21 Å². The Morgan fingerprint density at radius 3 is 2.80 bits per heavy atom. The minimum atomic E-state index is -0.766. The molecule has 0 aliphatic carbocycles. The smallest absolute Gasteiger partial charge is 0.612 e. The van der Waals surface area contributed by atoms with Gasteiger partial charge in [-0.15, -0.1) is 6.58 Å². The van der Waals surface area contributed by atoms with E-state index in [1.165, 1.54) is 12.3 Å². The fourth-order valence-corrected chi connectivity index (χ4v) is 0.934. The van der Waals surface area contributed by atoms with Crippen molar-refractivity contribution in [3.05, 3.63) is 47.2 Å². The Morgan fingerprint density at radius 1 is 1.60 bits per heavy atom. The van der Waals surface area contributed by atoms with E-state index in [9.17, 15) is 10.4 Å². The molecule has 0 aromatic carbocycles. The fraction of sp³-hybridized carbons (Fsp3) is 0.222. The van der Waals surface area contributed by atoms with E-state index in [4.69, 9.17) is 9.15 Å². The van der Waals surface area contributed by atoms with Gasteiger partial charge in [0.2, 0.25) is 0 Å². The number of nitrogens with zero attached hydrogens (tertiary/aromatic N) is 1. The van der Waals surface area contributed by atoms with Crippen LogP contribution in [-0.2, 0) is 4.74 Å². The molecule has 1 atom stereocenters. The molecule has 1 heterocycles. The van der Waals surface area contributed by atoms with Gasteiger partial charge in [0.25, 0.3) is 0 Å². The predicted octanol–water partition coefficient (Wildman–Crippen LogP) is -1.39. The maximum Gasteiger partial charge on any atom is 1.00 e. The molecule has 0 spiro atoms. The van der Waals surface area contributed by atoms with Crippen LogP contribution in [0.3, 0.4) is 0 Å². The van der Waals surface area contributed by atoms with Crippen LogP contribution in [0.4, 0.5) is 0 Å². The molecular weight excluding hydrogens is 225 g/mol. The largest absolute Gasteiger partial charge is 1.00 e. The number of furan rings is 1. The zero-order valence-electron chi connectivity index (χ0n) is 8.46. The summed E-state index contributed by atoms with van der Waals surface area (Å²) in [5.74, 6) is 0.406. The molecule has 0 bridgehead atoms. The Hall–Kier alpha value is -0.114. The molecule has 0 amide bonds. The van der Waals surface area contributed by atoms with E-state index in [0.29, 0.717) is 5.76 Å². The third kappa shape index (κ3) is 5.50. The summed E-state index contributed by atoms with van der Waals surface area (Å²) in [5, 5.41) is 20.5. The molecular formula is C9H10KNO4. The van der Waals surface area contributed by atoms with Crippen LogP contribution in [0.25, 0.3) is 0 Å². The number of rotatable bonds is 5. The van der Waals surface area contributed by atoms with Gasteiger partial charge in [-0.2, -0.15) is 4.90 Å². The average molecular weight is 235 g/mol. The van der Waals surface area contributed by atoms with Crippen LogP contribution in [0.1, 0.15) is 11.9 Å². The van der Waals surface area contributed by atoms with Crippen molar-refractivity contribution in [2.45, 2.75) is 6.10 Å².